The van der Waals surface area contributed by atoms with Crippen molar-refractivity contribution < 1.29 is 4.79 Å². The van der Waals surface area contributed by atoms with Gasteiger partial charge in [0.15, 0.2) is 0 Å². The quantitative estimate of drug-likeness (QED) is 0.697. The second-order valence-corrected chi connectivity index (χ2v) is 6.85. The Hall–Kier alpha value is -1.85. The summed E-state index contributed by atoms with van der Waals surface area (Å²) in [6.07, 6.45) is 3.14. The molecular weight excluding hydrogens is 312 g/mol. The van der Waals surface area contributed by atoms with Crippen molar-refractivity contribution >= 4 is 44.9 Å². The molecule has 0 saturated heterocycles. The molecule has 0 spiro atoms. The van der Waals surface area contributed by atoms with E-state index in [9.17, 15) is 4.79 Å². The number of carbonyl (C=O) groups excluding carboxylic acids is 1. The lowest BCUT2D eigenvalue weighted by atomic mass is 10.2. The molecular formula is C17H16N2OS2. The van der Waals surface area contributed by atoms with Crippen LogP contribution in [0.2, 0.25) is 0 Å². The van der Waals surface area contributed by atoms with E-state index in [1.807, 2.05) is 48.7 Å². The number of hydrogen-bond donors (Lipinski definition) is 1. The van der Waals surface area contributed by atoms with Crippen molar-refractivity contribution in [2.45, 2.75) is 17.7 Å². The van der Waals surface area contributed by atoms with Crippen molar-refractivity contribution in [1.82, 2.24) is 4.98 Å². The van der Waals surface area contributed by atoms with Crippen LogP contribution in [0.25, 0.3) is 10.2 Å². The predicted octanol–water partition coefficient (Wildman–Crippen LogP) is 4.59. The fourth-order valence-electron chi connectivity index (χ4n) is 2.17. The highest BCUT2D eigenvalue weighted by Gasteiger charge is 2.07. The molecule has 1 amide bonds. The van der Waals surface area contributed by atoms with Gasteiger partial charge in [0.25, 0.3) is 0 Å². The molecule has 1 aromatic heterocycles. The fraction of sp³-hybridized carbons (Fsp3) is 0.176. The van der Waals surface area contributed by atoms with Gasteiger partial charge in [-0.1, -0.05) is 18.2 Å². The number of nitrogens with zero attached hydrogens (tertiary/aromatic N) is 1. The molecule has 0 fully saturated rings. The second kappa shape index (κ2) is 6.94. The Labute approximate surface area is 137 Å². The van der Waals surface area contributed by atoms with Crippen LogP contribution in [0.4, 0.5) is 5.69 Å². The standard InChI is InChI=1S/C17H16N2OS2/c1-21-13-6-4-5-12(11-13)18-16(20)9-10-17-19-14-7-2-3-8-15(14)22-17/h2-8,11H,9-10H2,1H3,(H,18,20). The minimum atomic E-state index is 0.0255. The first kappa shape index (κ1) is 15.1. The SMILES string of the molecule is CSc1cccc(NC(=O)CCc2nc3ccccc3s2)c1. The Balaban J connectivity index is 1.59. The first-order chi connectivity index (χ1) is 10.7. The van der Waals surface area contributed by atoms with Gasteiger partial charge in [-0.05, 0) is 36.6 Å². The van der Waals surface area contributed by atoms with Gasteiger partial charge in [0.1, 0.15) is 0 Å². The topological polar surface area (TPSA) is 42.0 Å². The van der Waals surface area contributed by atoms with Crippen LogP contribution in [-0.4, -0.2) is 17.1 Å². The molecule has 3 rings (SSSR count). The van der Waals surface area contributed by atoms with Crippen molar-refractivity contribution in [2.75, 3.05) is 11.6 Å². The van der Waals surface area contributed by atoms with E-state index in [2.05, 4.69) is 16.4 Å². The smallest absolute Gasteiger partial charge is 0.224 e. The molecule has 1 N–H and O–H groups in total. The fourth-order valence-corrected chi connectivity index (χ4v) is 3.60. The number of hydrogen-bond acceptors (Lipinski definition) is 4. The maximum atomic E-state index is 12.1. The van der Waals surface area contributed by atoms with Crippen molar-refractivity contribution in [3.63, 3.8) is 0 Å². The van der Waals surface area contributed by atoms with Gasteiger partial charge in [-0.2, -0.15) is 0 Å². The molecule has 0 bridgehead atoms. The molecule has 0 unspecified atom stereocenters. The van der Waals surface area contributed by atoms with Gasteiger partial charge in [-0.15, -0.1) is 23.1 Å². The number of carbonyl (C=O) groups is 1. The maximum Gasteiger partial charge on any atom is 0.224 e. The van der Waals surface area contributed by atoms with E-state index < -0.39 is 0 Å². The molecule has 0 aliphatic carbocycles. The van der Waals surface area contributed by atoms with Crippen molar-refractivity contribution in [3.8, 4) is 0 Å². The number of aromatic nitrogens is 1. The van der Waals surface area contributed by atoms with Gasteiger partial charge in [0.05, 0.1) is 15.2 Å². The molecule has 22 heavy (non-hydrogen) atoms. The zero-order chi connectivity index (χ0) is 15.4. The monoisotopic (exact) mass is 328 g/mol. The molecule has 3 aromatic rings. The largest absolute Gasteiger partial charge is 0.326 e. The predicted molar refractivity (Wildman–Crippen MR) is 94.8 cm³/mol. The zero-order valence-corrected chi connectivity index (χ0v) is 13.8. The third-order valence-corrected chi connectivity index (χ3v) is 5.08. The molecule has 112 valence electrons. The summed E-state index contributed by atoms with van der Waals surface area (Å²) in [6.45, 7) is 0. The van der Waals surface area contributed by atoms with Gasteiger partial charge >= 0.3 is 0 Å². The number of aryl methyl sites for hydroxylation is 1. The number of rotatable bonds is 5. The van der Waals surface area contributed by atoms with Crippen molar-refractivity contribution in [2.24, 2.45) is 0 Å². The number of anilines is 1. The van der Waals surface area contributed by atoms with Gasteiger partial charge in [-0.3, -0.25) is 4.79 Å². The normalized spacial score (nSPS) is 10.8. The van der Waals surface area contributed by atoms with E-state index in [0.29, 0.717) is 12.8 Å². The molecule has 5 heteroatoms. The first-order valence-corrected chi connectivity index (χ1v) is 9.07. The summed E-state index contributed by atoms with van der Waals surface area (Å²) in [5, 5.41) is 3.95. The zero-order valence-electron chi connectivity index (χ0n) is 12.2. The number of thioether (sulfide) groups is 1. The molecule has 1 heterocycles. The van der Waals surface area contributed by atoms with E-state index >= 15 is 0 Å². The molecule has 0 atom stereocenters. The number of thiazole rings is 1. The van der Waals surface area contributed by atoms with Crippen LogP contribution >= 0.6 is 23.1 Å². The van der Waals surface area contributed by atoms with Crippen LogP contribution in [0.3, 0.4) is 0 Å². The number of benzene rings is 2. The van der Waals surface area contributed by atoms with Gasteiger partial charge < -0.3 is 5.32 Å². The van der Waals surface area contributed by atoms with Crippen LogP contribution in [0.5, 0.6) is 0 Å². The molecule has 0 aliphatic rings. The van der Waals surface area contributed by atoms with E-state index in [1.165, 1.54) is 4.70 Å². The summed E-state index contributed by atoms with van der Waals surface area (Å²) in [6, 6.07) is 15.9. The lowest BCUT2D eigenvalue weighted by Gasteiger charge is -2.05. The number of fused-ring (bicyclic) bond motifs is 1. The third-order valence-electron chi connectivity index (χ3n) is 3.26. The Kier molecular flexibility index (Phi) is 4.75. The van der Waals surface area contributed by atoms with E-state index in [1.54, 1.807) is 23.1 Å². The van der Waals surface area contributed by atoms with Crippen LogP contribution in [-0.2, 0) is 11.2 Å². The highest BCUT2D eigenvalue weighted by Crippen LogP contribution is 2.23. The average Bonchev–Trinajstić information content (AvgIpc) is 2.96. The van der Waals surface area contributed by atoms with Crippen LogP contribution in [0.15, 0.2) is 53.4 Å². The summed E-state index contributed by atoms with van der Waals surface area (Å²) < 4.78 is 1.17. The summed E-state index contributed by atoms with van der Waals surface area (Å²) in [5.74, 6) is 0.0255. The number of nitrogens with one attached hydrogen (secondary N) is 1. The summed E-state index contributed by atoms with van der Waals surface area (Å²) >= 11 is 3.32. The lowest BCUT2D eigenvalue weighted by molar-refractivity contribution is -0.116. The summed E-state index contributed by atoms with van der Waals surface area (Å²) in [7, 11) is 0. The van der Waals surface area contributed by atoms with Gasteiger partial charge in [-0.25, -0.2) is 4.98 Å². The minimum Gasteiger partial charge on any atom is -0.326 e. The first-order valence-electron chi connectivity index (χ1n) is 7.03. The van der Waals surface area contributed by atoms with E-state index in [0.717, 1.165) is 21.1 Å². The number of amides is 1. The lowest BCUT2D eigenvalue weighted by Crippen LogP contribution is -2.12. The second-order valence-electron chi connectivity index (χ2n) is 4.86. The van der Waals surface area contributed by atoms with E-state index in [4.69, 9.17) is 0 Å². The van der Waals surface area contributed by atoms with Crippen LogP contribution in [0, 0.1) is 0 Å². The third kappa shape index (κ3) is 3.67. The van der Waals surface area contributed by atoms with Crippen molar-refractivity contribution in [3.05, 3.63) is 53.5 Å². The summed E-state index contributed by atoms with van der Waals surface area (Å²) in [5.41, 5.74) is 1.86. The highest BCUT2D eigenvalue weighted by atomic mass is 32.2. The molecule has 2 aromatic carbocycles. The van der Waals surface area contributed by atoms with E-state index in [-0.39, 0.29) is 5.91 Å². The van der Waals surface area contributed by atoms with Crippen LogP contribution in [0.1, 0.15) is 11.4 Å². The van der Waals surface area contributed by atoms with Gasteiger partial charge in [0.2, 0.25) is 5.91 Å². The minimum absolute atomic E-state index is 0.0255. The molecule has 0 aliphatic heterocycles. The van der Waals surface area contributed by atoms with Crippen molar-refractivity contribution in [1.29, 1.82) is 0 Å². The molecule has 0 saturated carbocycles. The highest BCUT2D eigenvalue weighted by molar-refractivity contribution is 7.98. The summed E-state index contributed by atoms with van der Waals surface area (Å²) in [4.78, 5) is 17.8. The molecule has 3 nitrogen and oxygen atoms in total. The number of para-hydroxylation sites is 1. The maximum absolute atomic E-state index is 12.1. The Morgan fingerprint density at radius 2 is 2.09 bits per heavy atom. The Morgan fingerprint density at radius 1 is 1.23 bits per heavy atom. The Morgan fingerprint density at radius 3 is 2.91 bits per heavy atom. The van der Waals surface area contributed by atoms with Gasteiger partial charge in [0, 0.05) is 23.4 Å². The average molecular weight is 328 g/mol. The molecule has 0 radical (unpaired) electrons. The van der Waals surface area contributed by atoms with Crippen LogP contribution < -0.4 is 5.32 Å². The Bertz CT molecular complexity index is 765.